The topological polar surface area (TPSA) is 108 Å². The first-order chi connectivity index (χ1) is 14.3. The Bertz CT molecular complexity index is 704. The van der Waals surface area contributed by atoms with E-state index in [1.165, 1.54) is 20.3 Å². The summed E-state index contributed by atoms with van der Waals surface area (Å²) in [6.45, 7) is 9.52. The van der Waals surface area contributed by atoms with E-state index in [-0.39, 0.29) is 32.3 Å². The number of nitrogens with zero attached hydrogens (tertiary/aromatic N) is 1. The van der Waals surface area contributed by atoms with E-state index < -0.39 is 45.5 Å². The maximum atomic E-state index is 12.7. The largest absolute Gasteiger partial charge is 0.463 e. The number of amides is 2. The van der Waals surface area contributed by atoms with Crippen LogP contribution < -0.4 is 0 Å². The molecule has 1 rings (SSSR count). The number of esters is 2. The van der Waals surface area contributed by atoms with Crippen LogP contribution in [-0.4, -0.2) is 79.7 Å². The molecule has 0 spiro atoms. The fourth-order valence-corrected chi connectivity index (χ4v) is 3.33. The van der Waals surface area contributed by atoms with Crippen molar-refractivity contribution in [2.45, 2.75) is 38.1 Å². The summed E-state index contributed by atoms with van der Waals surface area (Å²) < 4.78 is 20.0. The Kier molecular flexibility index (Phi) is 9.84. The van der Waals surface area contributed by atoms with E-state index in [4.69, 9.17) is 18.9 Å². The number of likely N-dealkylation sites (tertiary alicyclic amines) is 1. The summed E-state index contributed by atoms with van der Waals surface area (Å²) in [6, 6.07) is 0. The Hall–Kier alpha value is -1.78. The van der Waals surface area contributed by atoms with Crippen molar-refractivity contribution in [1.29, 1.82) is 0 Å². The number of hydrogen-bond acceptors (Lipinski definition) is 8. The molecule has 31 heavy (non-hydrogen) atoms. The molecule has 1 saturated heterocycles. The van der Waals surface area contributed by atoms with Crippen LogP contribution in [0.15, 0.2) is 12.7 Å². The molecule has 4 unspecified atom stereocenters. The quantitative estimate of drug-likeness (QED) is 0.171. The van der Waals surface area contributed by atoms with Crippen molar-refractivity contribution in [2.24, 2.45) is 17.3 Å². The smallest absolute Gasteiger partial charge is 0.322 e. The Labute approximate surface area is 191 Å². The van der Waals surface area contributed by atoms with Crippen molar-refractivity contribution in [3.8, 4) is 0 Å². The van der Waals surface area contributed by atoms with Gasteiger partial charge in [-0.2, -0.15) is 0 Å². The van der Waals surface area contributed by atoms with Gasteiger partial charge in [0.1, 0.15) is 23.0 Å². The van der Waals surface area contributed by atoms with Gasteiger partial charge in [-0.1, -0.05) is 28.9 Å². The van der Waals surface area contributed by atoms with Crippen molar-refractivity contribution in [3.05, 3.63) is 12.7 Å². The first kappa shape index (κ1) is 27.3. The van der Waals surface area contributed by atoms with E-state index >= 15 is 0 Å². The lowest BCUT2D eigenvalue weighted by molar-refractivity contribution is -0.168. The van der Waals surface area contributed by atoms with Crippen LogP contribution >= 0.6 is 15.9 Å². The van der Waals surface area contributed by atoms with Gasteiger partial charge in [0, 0.05) is 14.2 Å². The Morgan fingerprint density at radius 1 is 1.13 bits per heavy atom. The molecular weight excluding hydrogens is 474 g/mol. The second kappa shape index (κ2) is 11.2. The summed E-state index contributed by atoms with van der Waals surface area (Å²) in [7, 11) is 2.86. The minimum Gasteiger partial charge on any atom is -0.463 e. The van der Waals surface area contributed by atoms with E-state index in [0.717, 1.165) is 4.90 Å². The third kappa shape index (κ3) is 6.60. The number of rotatable bonds is 12. The number of hydrogen-bond donors (Lipinski definition) is 0. The Morgan fingerprint density at radius 2 is 1.74 bits per heavy atom. The summed E-state index contributed by atoms with van der Waals surface area (Å²) >= 11 is 3.20. The average molecular weight is 506 g/mol. The number of methoxy groups -OCH3 is 2. The second-order valence-electron chi connectivity index (χ2n) is 8.26. The van der Waals surface area contributed by atoms with Gasteiger partial charge in [0.05, 0.1) is 31.1 Å². The van der Waals surface area contributed by atoms with E-state index in [2.05, 4.69) is 22.5 Å². The molecule has 9 nitrogen and oxygen atoms in total. The molecule has 1 aliphatic rings. The summed E-state index contributed by atoms with van der Waals surface area (Å²) in [5.41, 5.74) is -1.25. The highest BCUT2D eigenvalue weighted by Crippen LogP contribution is 2.30. The van der Waals surface area contributed by atoms with E-state index in [1.807, 2.05) is 0 Å². The molecule has 1 aliphatic heterocycles. The van der Waals surface area contributed by atoms with Gasteiger partial charge in [-0.25, -0.2) is 0 Å². The van der Waals surface area contributed by atoms with Gasteiger partial charge >= 0.3 is 11.9 Å². The second-order valence-corrected chi connectivity index (χ2v) is 10.2. The van der Waals surface area contributed by atoms with Gasteiger partial charge in [0.25, 0.3) is 0 Å². The van der Waals surface area contributed by atoms with Gasteiger partial charge < -0.3 is 18.9 Å². The van der Waals surface area contributed by atoms with Crippen LogP contribution in [0.3, 0.4) is 0 Å². The van der Waals surface area contributed by atoms with Gasteiger partial charge in [-0.15, -0.1) is 6.58 Å². The first-order valence-corrected chi connectivity index (χ1v) is 10.7. The molecule has 2 amide bonds. The fourth-order valence-electron chi connectivity index (χ4n) is 3.22. The average Bonchev–Trinajstić information content (AvgIpc) is 2.90. The van der Waals surface area contributed by atoms with E-state index in [1.54, 1.807) is 27.7 Å². The maximum absolute atomic E-state index is 12.7. The maximum Gasteiger partial charge on any atom is 0.322 e. The summed E-state index contributed by atoms with van der Waals surface area (Å²) in [4.78, 5) is 50.9. The minimum atomic E-state index is -1.25. The zero-order valence-electron chi connectivity index (χ0n) is 18.9. The summed E-state index contributed by atoms with van der Waals surface area (Å²) in [6.07, 6.45) is 0.902. The monoisotopic (exact) mass is 505 g/mol. The van der Waals surface area contributed by atoms with Crippen LogP contribution in [0.1, 0.15) is 27.7 Å². The van der Waals surface area contributed by atoms with Crippen LogP contribution in [0.25, 0.3) is 0 Å². The Balaban J connectivity index is 2.74. The number of carbonyl (C=O) groups is 4. The zero-order valence-corrected chi connectivity index (χ0v) is 20.5. The molecule has 0 aromatic rings. The molecule has 0 radical (unpaired) electrons. The van der Waals surface area contributed by atoms with Crippen LogP contribution in [0.2, 0.25) is 0 Å². The van der Waals surface area contributed by atoms with Gasteiger partial charge in [0.2, 0.25) is 11.8 Å². The normalized spacial score (nSPS) is 22.1. The first-order valence-electron chi connectivity index (χ1n) is 9.87. The highest BCUT2D eigenvalue weighted by Gasteiger charge is 2.48. The molecule has 1 fully saturated rings. The van der Waals surface area contributed by atoms with Crippen LogP contribution in [0, 0.1) is 17.3 Å². The lowest BCUT2D eigenvalue weighted by Crippen LogP contribution is -2.42. The minimum absolute atomic E-state index is 0.0443. The standard InChI is InChI=1S/C21H32BrNO8/c1-8-14(29-7)15-13(2)16(24)23(17(15)25)9-10-30-19(27)21(5,11-28-6)12-31-18(26)20(3,4)22/h8,13-15H,1,9-12H2,2-7H3. The molecule has 0 aliphatic carbocycles. The molecule has 0 aromatic carbocycles. The van der Waals surface area contributed by atoms with Crippen molar-refractivity contribution >= 4 is 39.7 Å². The third-order valence-electron chi connectivity index (χ3n) is 5.11. The van der Waals surface area contributed by atoms with Gasteiger partial charge in [-0.05, 0) is 20.8 Å². The fraction of sp³-hybridized carbons (Fsp3) is 0.714. The molecule has 4 atom stereocenters. The van der Waals surface area contributed by atoms with Crippen molar-refractivity contribution in [3.63, 3.8) is 0 Å². The number of alkyl halides is 1. The molecule has 10 heteroatoms. The van der Waals surface area contributed by atoms with Gasteiger partial charge in [0.15, 0.2) is 0 Å². The number of ether oxygens (including phenoxy) is 4. The van der Waals surface area contributed by atoms with Crippen molar-refractivity contribution in [2.75, 3.05) is 40.6 Å². The van der Waals surface area contributed by atoms with Crippen LogP contribution in [0.4, 0.5) is 0 Å². The zero-order chi connectivity index (χ0) is 24.0. The molecule has 0 saturated carbocycles. The van der Waals surface area contributed by atoms with E-state index in [9.17, 15) is 19.2 Å². The molecule has 0 N–H and O–H groups in total. The SMILES string of the molecule is C=CC(OC)C1C(=O)N(CCOC(=O)C(C)(COC)COC(=O)C(C)(C)Br)C(=O)C1C. The van der Waals surface area contributed by atoms with Crippen molar-refractivity contribution < 1.29 is 38.1 Å². The highest BCUT2D eigenvalue weighted by molar-refractivity contribution is 9.10. The number of imide groups is 1. The number of halogens is 1. The lowest BCUT2D eigenvalue weighted by Gasteiger charge is -2.27. The molecule has 176 valence electrons. The predicted molar refractivity (Wildman–Crippen MR) is 115 cm³/mol. The van der Waals surface area contributed by atoms with E-state index in [0.29, 0.717) is 0 Å². The molecule has 1 heterocycles. The summed E-state index contributed by atoms with van der Waals surface area (Å²) in [5.74, 6) is -3.20. The number of carbonyl (C=O) groups excluding carboxylic acids is 4. The van der Waals surface area contributed by atoms with Crippen LogP contribution in [0.5, 0.6) is 0 Å². The Morgan fingerprint density at radius 3 is 2.23 bits per heavy atom. The predicted octanol–water partition coefficient (Wildman–Crippen LogP) is 1.72. The van der Waals surface area contributed by atoms with Gasteiger partial charge in [-0.3, -0.25) is 24.1 Å². The van der Waals surface area contributed by atoms with Crippen LogP contribution in [-0.2, 0) is 38.1 Å². The molecular formula is C21H32BrNO8. The highest BCUT2D eigenvalue weighted by atomic mass is 79.9. The summed E-state index contributed by atoms with van der Waals surface area (Å²) in [5, 5.41) is 0. The van der Waals surface area contributed by atoms with Crippen molar-refractivity contribution in [1.82, 2.24) is 4.90 Å². The lowest BCUT2D eigenvalue weighted by atomic mass is 9.91. The molecule has 0 aromatic heterocycles. The molecule has 0 bridgehead atoms. The third-order valence-corrected chi connectivity index (χ3v) is 5.44.